The van der Waals surface area contributed by atoms with Crippen molar-refractivity contribution >= 4 is 0 Å². The van der Waals surface area contributed by atoms with Crippen LogP contribution in [0.2, 0.25) is 0 Å². The fraction of sp³-hybridized carbons (Fsp3) is 1.00. The zero-order valence-corrected chi connectivity index (χ0v) is 5.04. The third-order valence-corrected chi connectivity index (χ3v) is 1.32. The highest BCUT2D eigenvalue weighted by Gasteiger charge is 2.15. The van der Waals surface area contributed by atoms with Crippen molar-refractivity contribution in [1.82, 2.24) is 10.3 Å². The van der Waals surface area contributed by atoms with E-state index in [9.17, 15) is 10.1 Å². The van der Waals surface area contributed by atoms with Crippen molar-refractivity contribution in [3.8, 4) is 0 Å². The first kappa shape index (κ1) is 6.28. The van der Waals surface area contributed by atoms with Crippen LogP contribution in [-0.4, -0.2) is 36.2 Å². The Morgan fingerprint density at radius 1 is 1.44 bits per heavy atom. The average Bonchev–Trinajstić information content (AvgIpc) is 1.90. The molecular formula is C4H9N3O2. The highest BCUT2D eigenvalue weighted by molar-refractivity contribution is 4.59. The lowest BCUT2D eigenvalue weighted by Gasteiger charge is -2.19. The third kappa shape index (κ3) is 1.53. The lowest BCUT2D eigenvalue weighted by molar-refractivity contribution is -0.656. The molecule has 5 nitrogen and oxygen atoms in total. The second-order valence-electron chi connectivity index (χ2n) is 1.94. The fourth-order valence-corrected chi connectivity index (χ4v) is 0.816. The van der Waals surface area contributed by atoms with E-state index in [1.54, 1.807) is 0 Å². The first-order chi connectivity index (χ1) is 4.30. The summed E-state index contributed by atoms with van der Waals surface area (Å²) in [6.07, 6.45) is 0. The molecule has 0 aromatic carbocycles. The van der Waals surface area contributed by atoms with Crippen molar-refractivity contribution in [3.63, 3.8) is 0 Å². The first-order valence-corrected chi connectivity index (χ1v) is 2.90. The van der Waals surface area contributed by atoms with E-state index in [1.165, 1.54) is 5.01 Å². The van der Waals surface area contributed by atoms with Crippen molar-refractivity contribution in [3.05, 3.63) is 10.1 Å². The maximum atomic E-state index is 10.1. The maximum absolute atomic E-state index is 10.1. The van der Waals surface area contributed by atoms with Gasteiger partial charge in [-0.1, -0.05) is 0 Å². The van der Waals surface area contributed by atoms with Crippen LogP contribution < -0.4 is 5.32 Å². The minimum atomic E-state index is -0.346. The van der Waals surface area contributed by atoms with E-state index in [4.69, 9.17) is 0 Å². The zero-order valence-electron chi connectivity index (χ0n) is 5.04. The molecule has 0 atom stereocenters. The Bertz CT molecular complexity index is 110. The molecule has 0 aromatic rings. The van der Waals surface area contributed by atoms with E-state index >= 15 is 0 Å². The molecule has 1 heterocycles. The number of nitro groups is 1. The van der Waals surface area contributed by atoms with Gasteiger partial charge in [-0.3, -0.25) is 0 Å². The smallest absolute Gasteiger partial charge is 0.160 e. The van der Waals surface area contributed by atoms with Crippen molar-refractivity contribution in [2.24, 2.45) is 0 Å². The predicted octanol–water partition coefficient (Wildman–Crippen LogP) is -0.917. The van der Waals surface area contributed by atoms with Gasteiger partial charge in [-0.05, 0) is 0 Å². The summed E-state index contributed by atoms with van der Waals surface area (Å²) < 4.78 is 0. The zero-order chi connectivity index (χ0) is 6.69. The van der Waals surface area contributed by atoms with Crippen LogP contribution in [0.25, 0.3) is 0 Å². The molecule has 0 aliphatic carbocycles. The molecule has 0 saturated carbocycles. The van der Waals surface area contributed by atoms with Gasteiger partial charge in [0.1, 0.15) is 0 Å². The summed E-state index contributed by atoms with van der Waals surface area (Å²) in [5.41, 5.74) is 0. The second-order valence-corrected chi connectivity index (χ2v) is 1.94. The van der Waals surface area contributed by atoms with Crippen LogP contribution in [0.1, 0.15) is 0 Å². The van der Waals surface area contributed by atoms with Gasteiger partial charge in [-0.2, -0.15) is 0 Å². The number of rotatable bonds is 1. The van der Waals surface area contributed by atoms with E-state index < -0.39 is 0 Å². The molecule has 1 N–H and O–H groups in total. The quantitative estimate of drug-likeness (QED) is 0.369. The lowest BCUT2D eigenvalue weighted by atomic mass is 10.4. The Hall–Kier alpha value is -0.840. The van der Waals surface area contributed by atoms with Crippen LogP contribution in [0.5, 0.6) is 0 Å². The molecule has 0 unspecified atom stereocenters. The maximum Gasteiger partial charge on any atom is 0.160 e. The first-order valence-electron chi connectivity index (χ1n) is 2.90. The molecule has 1 fully saturated rings. The van der Waals surface area contributed by atoms with Crippen LogP contribution in [-0.2, 0) is 0 Å². The van der Waals surface area contributed by atoms with Gasteiger partial charge in [-0.25, -0.2) is 10.1 Å². The monoisotopic (exact) mass is 131 g/mol. The van der Waals surface area contributed by atoms with Gasteiger partial charge >= 0.3 is 0 Å². The largest absolute Gasteiger partial charge is 0.313 e. The second kappa shape index (κ2) is 2.63. The summed E-state index contributed by atoms with van der Waals surface area (Å²) in [6, 6.07) is 0. The Morgan fingerprint density at radius 2 is 2.00 bits per heavy atom. The molecule has 0 amide bonds. The van der Waals surface area contributed by atoms with Crippen molar-refractivity contribution in [2.45, 2.75) is 0 Å². The number of hydrogen-bond acceptors (Lipinski definition) is 3. The molecule has 0 spiro atoms. The molecule has 1 aliphatic rings. The van der Waals surface area contributed by atoms with Gasteiger partial charge < -0.3 is 5.32 Å². The van der Waals surface area contributed by atoms with Crippen LogP contribution >= 0.6 is 0 Å². The van der Waals surface area contributed by atoms with Gasteiger partial charge in [-0.15, -0.1) is 5.01 Å². The van der Waals surface area contributed by atoms with E-state index in [0.717, 1.165) is 13.1 Å². The highest BCUT2D eigenvalue weighted by atomic mass is 16.7. The molecule has 1 rings (SSSR count). The lowest BCUT2D eigenvalue weighted by Crippen LogP contribution is -2.46. The molecule has 5 heteroatoms. The highest BCUT2D eigenvalue weighted by Crippen LogP contribution is 1.89. The van der Waals surface area contributed by atoms with Gasteiger partial charge in [0.15, 0.2) is 5.03 Å². The Labute approximate surface area is 52.8 Å². The molecule has 1 aliphatic heterocycles. The van der Waals surface area contributed by atoms with E-state index in [0.29, 0.717) is 13.1 Å². The molecule has 1 saturated heterocycles. The Kier molecular flexibility index (Phi) is 1.84. The van der Waals surface area contributed by atoms with Gasteiger partial charge in [0, 0.05) is 13.1 Å². The van der Waals surface area contributed by atoms with E-state index in [2.05, 4.69) is 5.32 Å². The summed E-state index contributed by atoms with van der Waals surface area (Å²) in [5.74, 6) is 0. The van der Waals surface area contributed by atoms with Crippen LogP contribution in [0.4, 0.5) is 0 Å². The average molecular weight is 131 g/mol. The number of hydrazine groups is 1. The minimum Gasteiger partial charge on any atom is -0.313 e. The van der Waals surface area contributed by atoms with E-state index in [-0.39, 0.29) is 5.03 Å². The summed E-state index contributed by atoms with van der Waals surface area (Å²) >= 11 is 0. The minimum absolute atomic E-state index is 0.346. The Balaban J connectivity index is 2.31. The third-order valence-electron chi connectivity index (χ3n) is 1.32. The van der Waals surface area contributed by atoms with Crippen LogP contribution in [0, 0.1) is 10.1 Å². The molecule has 52 valence electrons. The number of hydrogen-bond donors (Lipinski definition) is 1. The van der Waals surface area contributed by atoms with Gasteiger partial charge in [0.2, 0.25) is 0 Å². The van der Waals surface area contributed by atoms with Crippen LogP contribution in [0.3, 0.4) is 0 Å². The van der Waals surface area contributed by atoms with E-state index in [1.807, 2.05) is 0 Å². The summed E-state index contributed by atoms with van der Waals surface area (Å²) in [4.78, 5) is 10.1. The van der Waals surface area contributed by atoms with Crippen molar-refractivity contribution in [2.75, 3.05) is 26.2 Å². The summed E-state index contributed by atoms with van der Waals surface area (Å²) in [5, 5.41) is 14.0. The number of piperazine rings is 1. The Morgan fingerprint density at radius 3 is 2.33 bits per heavy atom. The standard InChI is InChI=1S/C4H9N3O2/c8-7(9)6-3-1-5-2-4-6/h5H,1-4H2. The molecule has 0 aromatic heterocycles. The summed E-state index contributed by atoms with van der Waals surface area (Å²) in [6.45, 7) is 2.49. The summed E-state index contributed by atoms with van der Waals surface area (Å²) in [7, 11) is 0. The predicted molar refractivity (Wildman–Crippen MR) is 31.4 cm³/mol. The number of nitrogens with one attached hydrogen (secondary N) is 1. The van der Waals surface area contributed by atoms with Crippen LogP contribution in [0.15, 0.2) is 0 Å². The topological polar surface area (TPSA) is 58.4 Å². The van der Waals surface area contributed by atoms with Gasteiger partial charge in [0.25, 0.3) is 0 Å². The fourth-order valence-electron chi connectivity index (χ4n) is 0.816. The normalized spacial score (nSPS) is 19.8. The molecular weight excluding hydrogens is 122 g/mol. The molecule has 0 bridgehead atoms. The van der Waals surface area contributed by atoms with Gasteiger partial charge in [0.05, 0.1) is 13.1 Å². The SMILES string of the molecule is O=[N+]([O-])N1CCNCC1. The van der Waals surface area contributed by atoms with Crippen molar-refractivity contribution in [1.29, 1.82) is 0 Å². The molecule has 9 heavy (non-hydrogen) atoms. The molecule has 0 radical (unpaired) electrons. The number of nitrogens with zero attached hydrogens (tertiary/aromatic N) is 2. The van der Waals surface area contributed by atoms with Crippen molar-refractivity contribution < 1.29 is 5.03 Å².